The molecular weight excluding hydrogens is 544 g/mol. The molecule has 224 valence electrons. The molecule has 10 nitrogen and oxygen atoms in total. The first-order chi connectivity index (χ1) is 18.2. The van der Waals surface area contributed by atoms with Gasteiger partial charge in [0.1, 0.15) is 0 Å². The van der Waals surface area contributed by atoms with Gasteiger partial charge in [0.25, 0.3) is 0 Å². The van der Waals surface area contributed by atoms with E-state index in [9.17, 15) is 26.3 Å². The van der Waals surface area contributed by atoms with Crippen LogP contribution in [0, 0.1) is 5.92 Å². The van der Waals surface area contributed by atoms with Gasteiger partial charge in [-0.25, -0.2) is 14.6 Å². The van der Waals surface area contributed by atoms with Crippen molar-refractivity contribution in [2.75, 3.05) is 46.2 Å². The van der Waals surface area contributed by atoms with Gasteiger partial charge in [-0.2, -0.15) is 26.3 Å². The van der Waals surface area contributed by atoms with Crippen LogP contribution in [0.4, 0.5) is 26.3 Å². The van der Waals surface area contributed by atoms with Crippen LogP contribution >= 0.6 is 0 Å². The highest BCUT2D eigenvalue weighted by atomic mass is 19.4. The first-order valence-corrected chi connectivity index (χ1v) is 12.3. The third kappa shape index (κ3) is 10.9. The Hall–Kier alpha value is -2.43. The van der Waals surface area contributed by atoms with Gasteiger partial charge in [-0.1, -0.05) is 0 Å². The highest BCUT2D eigenvalue weighted by Gasteiger charge is 2.39. The van der Waals surface area contributed by atoms with Gasteiger partial charge >= 0.3 is 24.3 Å². The van der Waals surface area contributed by atoms with E-state index in [1.54, 1.807) is 0 Å². The van der Waals surface area contributed by atoms with Gasteiger partial charge in [0.15, 0.2) is 0 Å². The summed E-state index contributed by atoms with van der Waals surface area (Å²) in [6.45, 7) is 7.26. The molecule has 0 bridgehead atoms. The molecule has 39 heavy (non-hydrogen) atoms. The minimum absolute atomic E-state index is 0.416. The van der Waals surface area contributed by atoms with Crippen LogP contribution in [0.15, 0.2) is 6.33 Å². The predicted molar refractivity (Wildman–Crippen MR) is 122 cm³/mol. The summed E-state index contributed by atoms with van der Waals surface area (Å²) in [4.78, 5) is 25.1. The molecular formula is C23H33F6N3O7. The van der Waals surface area contributed by atoms with Crippen molar-refractivity contribution in [1.82, 2.24) is 14.5 Å². The van der Waals surface area contributed by atoms with Crippen molar-refractivity contribution in [3.05, 3.63) is 17.7 Å². The second kappa shape index (κ2) is 14.8. The SMILES string of the molecule is Cn1cnc2c1C(COCC1CCOCC1)CN(C1CCOCC1)C2.O=C(O)C(F)(F)F.O=C(O)C(F)(F)F. The van der Waals surface area contributed by atoms with Crippen LogP contribution in [0.25, 0.3) is 0 Å². The fourth-order valence-electron chi connectivity index (χ4n) is 4.51. The molecule has 2 fully saturated rings. The Bertz CT molecular complexity index is 889. The average Bonchev–Trinajstić information content (AvgIpc) is 3.25. The average molecular weight is 578 g/mol. The molecule has 0 saturated carbocycles. The number of halogens is 6. The molecule has 0 aliphatic carbocycles. The lowest BCUT2D eigenvalue weighted by atomic mass is 9.95. The van der Waals surface area contributed by atoms with Crippen LogP contribution in [0.2, 0.25) is 0 Å². The number of ether oxygens (including phenoxy) is 3. The summed E-state index contributed by atoms with van der Waals surface area (Å²) in [6.07, 6.45) is -3.66. The summed E-state index contributed by atoms with van der Waals surface area (Å²) in [5.74, 6) is -4.44. The number of aliphatic carboxylic acids is 2. The second-order valence-corrected chi connectivity index (χ2v) is 9.36. The van der Waals surface area contributed by atoms with E-state index in [1.807, 2.05) is 6.33 Å². The number of aromatic nitrogens is 2. The molecule has 4 heterocycles. The maximum absolute atomic E-state index is 10.6. The molecule has 16 heteroatoms. The van der Waals surface area contributed by atoms with Gasteiger partial charge < -0.3 is 29.0 Å². The molecule has 1 aromatic rings. The van der Waals surface area contributed by atoms with Gasteiger partial charge in [0, 0.05) is 70.8 Å². The molecule has 2 N–H and O–H groups in total. The van der Waals surface area contributed by atoms with Gasteiger partial charge in [0.05, 0.1) is 18.6 Å². The number of carboxylic acid groups (broad SMARTS) is 2. The summed E-state index contributed by atoms with van der Waals surface area (Å²) in [5, 5.41) is 14.2. The highest BCUT2D eigenvalue weighted by Crippen LogP contribution is 2.31. The molecule has 3 aliphatic rings. The van der Waals surface area contributed by atoms with E-state index in [0.29, 0.717) is 17.9 Å². The largest absolute Gasteiger partial charge is 0.490 e. The van der Waals surface area contributed by atoms with Crippen molar-refractivity contribution < 1.29 is 60.4 Å². The molecule has 0 radical (unpaired) electrons. The van der Waals surface area contributed by atoms with Crippen LogP contribution in [-0.2, 0) is 37.4 Å². The van der Waals surface area contributed by atoms with Gasteiger partial charge in [-0.15, -0.1) is 0 Å². The highest BCUT2D eigenvalue weighted by molar-refractivity contribution is 5.73. The third-order valence-corrected chi connectivity index (χ3v) is 6.46. The molecule has 3 aliphatic heterocycles. The number of carboxylic acids is 2. The van der Waals surface area contributed by atoms with E-state index in [-0.39, 0.29) is 0 Å². The number of fused-ring (bicyclic) bond motifs is 1. The number of rotatable bonds is 5. The zero-order valence-electron chi connectivity index (χ0n) is 21.3. The van der Waals surface area contributed by atoms with Crippen molar-refractivity contribution >= 4 is 11.9 Å². The lowest BCUT2D eigenvalue weighted by Gasteiger charge is -2.39. The molecule has 1 atom stereocenters. The summed E-state index contributed by atoms with van der Waals surface area (Å²) in [5.41, 5.74) is 2.61. The normalized spacial score (nSPS) is 21.2. The lowest BCUT2D eigenvalue weighted by molar-refractivity contribution is -0.193. The second-order valence-electron chi connectivity index (χ2n) is 9.36. The predicted octanol–water partition coefficient (Wildman–Crippen LogP) is 3.21. The van der Waals surface area contributed by atoms with Crippen molar-refractivity contribution in [2.45, 2.75) is 56.5 Å². The van der Waals surface area contributed by atoms with Gasteiger partial charge in [-0.05, 0) is 31.6 Å². The maximum Gasteiger partial charge on any atom is 0.490 e. The first-order valence-electron chi connectivity index (χ1n) is 12.3. The van der Waals surface area contributed by atoms with Crippen LogP contribution < -0.4 is 0 Å². The van der Waals surface area contributed by atoms with E-state index in [1.165, 1.54) is 11.4 Å². The molecule has 0 aromatic carbocycles. The smallest absolute Gasteiger partial charge is 0.475 e. The standard InChI is InChI=1S/C19H31N3O3.2C2HF3O2/c1-21-14-20-18-11-22(17-4-8-24-9-5-17)10-16(19(18)21)13-25-12-15-2-6-23-7-3-15;2*3-2(4,5)1(6)7/h14-17H,2-13H2,1H3;2*(H,6,7). The fourth-order valence-corrected chi connectivity index (χ4v) is 4.51. The minimum atomic E-state index is -5.08. The maximum atomic E-state index is 10.6. The molecule has 4 rings (SSSR count). The number of imidazole rings is 1. The summed E-state index contributed by atoms with van der Waals surface area (Å²) < 4.78 is 82.8. The number of hydrogen-bond acceptors (Lipinski definition) is 7. The topological polar surface area (TPSA) is 123 Å². The van der Waals surface area contributed by atoms with Gasteiger partial charge in [0.2, 0.25) is 0 Å². The summed E-state index contributed by atoms with van der Waals surface area (Å²) >= 11 is 0. The lowest BCUT2D eigenvalue weighted by Crippen LogP contribution is -2.45. The quantitative estimate of drug-likeness (QED) is 0.508. The molecule has 0 amide bonds. The van der Waals surface area contributed by atoms with E-state index < -0.39 is 24.3 Å². The number of nitrogens with zero attached hydrogens (tertiary/aromatic N) is 3. The fraction of sp³-hybridized carbons (Fsp3) is 0.783. The molecule has 2 saturated heterocycles. The Kier molecular flexibility index (Phi) is 12.5. The Morgan fingerprint density at radius 2 is 1.44 bits per heavy atom. The van der Waals surface area contributed by atoms with Crippen molar-refractivity contribution in [3.8, 4) is 0 Å². The van der Waals surface area contributed by atoms with Crippen molar-refractivity contribution in [1.29, 1.82) is 0 Å². The summed E-state index contributed by atoms with van der Waals surface area (Å²) in [6, 6.07) is 0.627. The Morgan fingerprint density at radius 1 is 0.949 bits per heavy atom. The van der Waals surface area contributed by atoms with E-state index >= 15 is 0 Å². The molecule has 1 unspecified atom stereocenters. The zero-order valence-corrected chi connectivity index (χ0v) is 21.3. The van der Waals surface area contributed by atoms with E-state index in [4.69, 9.17) is 34.0 Å². The Balaban J connectivity index is 0.000000317. The monoisotopic (exact) mass is 577 g/mol. The van der Waals surface area contributed by atoms with Crippen LogP contribution in [-0.4, -0.2) is 101 Å². The van der Waals surface area contributed by atoms with Gasteiger partial charge in [-0.3, -0.25) is 4.90 Å². The number of carbonyl (C=O) groups is 2. The van der Waals surface area contributed by atoms with Crippen molar-refractivity contribution in [3.63, 3.8) is 0 Å². The number of hydrogen-bond donors (Lipinski definition) is 2. The first kappa shape index (κ1) is 32.8. The summed E-state index contributed by atoms with van der Waals surface area (Å²) in [7, 11) is 2.11. The van der Waals surface area contributed by atoms with E-state index in [0.717, 1.165) is 78.4 Å². The third-order valence-electron chi connectivity index (χ3n) is 6.46. The van der Waals surface area contributed by atoms with E-state index in [2.05, 4.69) is 21.5 Å². The van der Waals surface area contributed by atoms with Crippen LogP contribution in [0.1, 0.15) is 43.0 Å². The Morgan fingerprint density at radius 3 is 1.92 bits per heavy atom. The van der Waals surface area contributed by atoms with Crippen molar-refractivity contribution in [2.24, 2.45) is 13.0 Å². The number of aryl methyl sites for hydroxylation is 1. The molecule has 1 aromatic heterocycles. The van der Waals surface area contributed by atoms with Crippen LogP contribution in [0.3, 0.4) is 0 Å². The zero-order chi connectivity index (χ0) is 29.2. The number of alkyl halides is 6. The minimum Gasteiger partial charge on any atom is -0.475 e. The van der Waals surface area contributed by atoms with Crippen LogP contribution in [0.5, 0.6) is 0 Å². The molecule has 0 spiro atoms. The Labute approximate surface area is 220 Å².